The zero-order chi connectivity index (χ0) is 14.3. The highest BCUT2D eigenvalue weighted by Crippen LogP contribution is 2.06. The van der Waals surface area contributed by atoms with E-state index in [1.807, 2.05) is 0 Å². The van der Waals surface area contributed by atoms with Gasteiger partial charge < -0.3 is 4.74 Å². The molecule has 0 amide bonds. The Morgan fingerprint density at radius 3 is 1.78 bits per heavy atom. The molecule has 1 radical (unpaired) electrons. The van der Waals surface area contributed by atoms with Crippen LogP contribution >= 0.6 is 0 Å². The Balaban J connectivity index is 0. The average Bonchev–Trinajstić information content (AvgIpc) is 2.25. The third kappa shape index (κ3) is 36.0. The lowest BCUT2D eigenvalue weighted by molar-refractivity contribution is 0.0618. The van der Waals surface area contributed by atoms with E-state index in [0.717, 1.165) is 13.0 Å². The van der Waals surface area contributed by atoms with Crippen LogP contribution in [0.3, 0.4) is 0 Å². The molecule has 0 rings (SSSR count). The topological polar surface area (TPSA) is 104 Å². The standard InChI is InChI=1S/C11H23O2.H2O4S/c1-2-3-4-5-6-7-8-10-13-11-9-12;1-5(2,3)4/h2-11H2,1H3;(H2,1,2,3,4). The summed E-state index contributed by atoms with van der Waals surface area (Å²) >= 11 is 0. The maximum absolute atomic E-state index is 10.0. The van der Waals surface area contributed by atoms with Crippen LogP contribution in [0, 0.1) is 0 Å². The van der Waals surface area contributed by atoms with Crippen molar-refractivity contribution in [3.8, 4) is 0 Å². The molecule has 6 nitrogen and oxygen atoms in total. The van der Waals surface area contributed by atoms with Gasteiger partial charge >= 0.3 is 10.4 Å². The lowest BCUT2D eigenvalue weighted by Gasteiger charge is -2.01. The molecule has 0 aromatic heterocycles. The fraction of sp³-hybridized carbons (Fsp3) is 1.00. The normalized spacial score (nSPS) is 10.9. The smallest absolute Gasteiger partial charge is 0.379 e. The average molecular weight is 285 g/mol. The van der Waals surface area contributed by atoms with Gasteiger partial charge in [-0.15, -0.1) is 0 Å². The van der Waals surface area contributed by atoms with Gasteiger partial charge in [0.05, 0.1) is 6.61 Å². The fourth-order valence-electron chi connectivity index (χ4n) is 1.32. The summed E-state index contributed by atoms with van der Waals surface area (Å²) in [5.41, 5.74) is 0. The van der Waals surface area contributed by atoms with Gasteiger partial charge in [-0.05, 0) is 6.42 Å². The minimum Gasteiger partial charge on any atom is -0.379 e. The van der Waals surface area contributed by atoms with Crippen LogP contribution in [-0.4, -0.2) is 37.3 Å². The van der Waals surface area contributed by atoms with Crippen molar-refractivity contribution in [3.63, 3.8) is 0 Å². The Morgan fingerprint density at radius 1 is 0.889 bits per heavy atom. The van der Waals surface area contributed by atoms with E-state index >= 15 is 0 Å². The lowest BCUT2D eigenvalue weighted by Crippen LogP contribution is -1.99. The van der Waals surface area contributed by atoms with Gasteiger partial charge in [0.1, 0.15) is 6.61 Å². The number of hydrogen-bond acceptors (Lipinski definition) is 3. The van der Waals surface area contributed by atoms with E-state index in [1.165, 1.54) is 38.5 Å². The molecule has 0 aliphatic carbocycles. The molecule has 0 aromatic rings. The predicted molar refractivity (Wildman–Crippen MR) is 68.5 cm³/mol. The summed E-state index contributed by atoms with van der Waals surface area (Å²) in [6.45, 7) is 3.29. The van der Waals surface area contributed by atoms with Crippen molar-refractivity contribution in [1.29, 1.82) is 0 Å². The van der Waals surface area contributed by atoms with Gasteiger partial charge in [0, 0.05) is 6.61 Å². The fourth-order valence-corrected chi connectivity index (χ4v) is 1.32. The minimum absolute atomic E-state index is 0.101. The van der Waals surface area contributed by atoms with E-state index in [-0.39, 0.29) is 6.61 Å². The first-order chi connectivity index (χ1) is 8.41. The molecule has 111 valence electrons. The van der Waals surface area contributed by atoms with Crippen LogP contribution in [0.15, 0.2) is 0 Å². The van der Waals surface area contributed by atoms with Gasteiger partial charge in [0.2, 0.25) is 0 Å². The molecule has 0 aromatic carbocycles. The second-order valence-electron chi connectivity index (χ2n) is 3.89. The SMILES string of the molecule is CCCCCCCCCOCC[O].O=S(=O)(O)O. The first-order valence-electron chi connectivity index (χ1n) is 6.27. The van der Waals surface area contributed by atoms with Crippen LogP contribution in [0.4, 0.5) is 0 Å². The Hall–Kier alpha value is -0.210. The molecule has 0 saturated heterocycles. The first kappa shape index (κ1) is 20.1. The number of hydrogen-bond donors (Lipinski definition) is 2. The molecule has 0 spiro atoms. The van der Waals surface area contributed by atoms with Crippen molar-refractivity contribution in [2.75, 3.05) is 19.8 Å². The number of unbranched alkanes of at least 4 members (excludes halogenated alkanes) is 6. The number of rotatable bonds is 10. The third-order valence-corrected chi connectivity index (χ3v) is 2.12. The van der Waals surface area contributed by atoms with E-state index in [2.05, 4.69) is 6.92 Å². The maximum atomic E-state index is 10.0. The Kier molecular flexibility index (Phi) is 16.6. The summed E-state index contributed by atoms with van der Waals surface area (Å²) in [6, 6.07) is 0. The van der Waals surface area contributed by atoms with Gasteiger partial charge in [-0.1, -0.05) is 45.4 Å². The largest absolute Gasteiger partial charge is 0.394 e. The molecule has 0 saturated carbocycles. The molecular weight excluding hydrogens is 260 g/mol. The summed E-state index contributed by atoms with van der Waals surface area (Å²) in [5.74, 6) is 0. The maximum Gasteiger partial charge on any atom is 0.394 e. The second kappa shape index (κ2) is 14.8. The van der Waals surface area contributed by atoms with E-state index in [1.54, 1.807) is 0 Å². The van der Waals surface area contributed by atoms with Crippen molar-refractivity contribution in [2.45, 2.75) is 51.9 Å². The molecule has 7 heteroatoms. The highest BCUT2D eigenvalue weighted by atomic mass is 32.3. The Morgan fingerprint density at radius 2 is 1.33 bits per heavy atom. The molecule has 2 N–H and O–H groups in total. The summed E-state index contributed by atoms with van der Waals surface area (Å²) < 4.78 is 36.7. The lowest BCUT2D eigenvalue weighted by atomic mass is 10.1. The zero-order valence-corrected chi connectivity index (χ0v) is 11.8. The van der Waals surface area contributed by atoms with Crippen LogP contribution in [0.25, 0.3) is 0 Å². The van der Waals surface area contributed by atoms with Gasteiger partial charge in [-0.25, -0.2) is 5.11 Å². The first-order valence-corrected chi connectivity index (χ1v) is 7.67. The van der Waals surface area contributed by atoms with Crippen molar-refractivity contribution in [1.82, 2.24) is 0 Å². The minimum atomic E-state index is -4.67. The Bertz CT molecular complexity index is 222. The van der Waals surface area contributed by atoms with Crippen molar-refractivity contribution in [2.24, 2.45) is 0 Å². The van der Waals surface area contributed by atoms with Crippen LogP contribution in [0.5, 0.6) is 0 Å². The van der Waals surface area contributed by atoms with E-state index in [4.69, 9.17) is 22.3 Å². The van der Waals surface area contributed by atoms with Crippen LogP contribution in [0.2, 0.25) is 0 Å². The summed E-state index contributed by atoms with van der Waals surface area (Å²) in [7, 11) is -4.67. The quantitative estimate of drug-likeness (QED) is 0.474. The highest BCUT2D eigenvalue weighted by molar-refractivity contribution is 7.79. The molecule has 0 bridgehead atoms. The molecule has 0 fully saturated rings. The molecule has 18 heavy (non-hydrogen) atoms. The summed E-state index contributed by atoms with van der Waals surface area (Å²) in [5, 5.41) is 10.0. The van der Waals surface area contributed by atoms with Gasteiger partial charge in [0.25, 0.3) is 0 Å². The molecule has 0 aliphatic rings. The van der Waals surface area contributed by atoms with E-state index in [0.29, 0.717) is 6.61 Å². The highest BCUT2D eigenvalue weighted by Gasteiger charge is 1.91. The zero-order valence-electron chi connectivity index (χ0n) is 11.0. The van der Waals surface area contributed by atoms with Crippen molar-refractivity contribution < 1.29 is 27.4 Å². The van der Waals surface area contributed by atoms with E-state index < -0.39 is 10.4 Å². The van der Waals surface area contributed by atoms with Gasteiger partial charge in [0.15, 0.2) is 0 Å². The van der Waals surface area contributed by atoms with Crippen molar-refractivity contribution >= 4 is 10.4 Å². The molecule has 0 atom stereocenters. The monoisotopic (exact) mass is 285 g/mol. The molecule has 0 heterocycles. The van der Waals surface area contributed by atoms with Gasteiger partial charge in [-0.2, -0.15) is 8.42 Å². The van der Waals surface area contributed by atoms with E-state index in [9.17, 15) is 5.11 Å². The molecule has 0 aliphatic heterocycles. The van der Waals surface area contributed by atoms with Gasteiger partial charge in [-0.3, -0.25) is 9.11 Å². The predicted octanol–water partition coefficient (Wildman–Crippen LogP) is 2.53. The van der Waals surface area contributed by atoms with Crippen LogP contribution in [0.1, 0.15) is 51.9 Å². The molecular formula is C11H25O6S. The summed E-state index contributed by atoms with van der Waals surface area (Å²) in [6.07, 6.45) is 9.10. The molecule has 0 unspecified atom stereocenters. The Labute approximate surface area is 110 Å². The second-order valence-corrected chi connectivity index (χ2v) is 4.78. The van der Waals surface area contributed by atoms with Crippen molar-refractivity contribution in [3.05, 3.63) is 0 Å². The number of ether oxygens (including phenoxy) is 1. The third-order valence-electron chi connectivity index (χ3n) is 2.12. The summed E-state index contributed by atoms with van der Waals surface area (Å²) in [4.78, 5) is 0. The van der Waals surface area contributed by atoms with Crippen LogP contribution in [-0.2, 0) is 20.2 Å². The van der Waals surface area contributed by atoms with Crippen LogP contribution < -0.4 is 0 Å².